The Balaban J connectivity index is 2.80. The second-order valence-electron chi connectivity index (χ2n) is 2.19. The Morgan fingerprint density at radius 3 is 3.17 bits per heavy atom. The van der Waals surface area contributed by atoms with Gasteiger partial charge in [0.05, 0.1) is 0 Å². The van der Waals surface area contributed by atoms with E-state index in [1.807, 2.05) is 0 Å². The molecule has 0 radical (unpaired) electrons. The number of nitrogens with one attached hydrogen (secondary N) is 1. The Bertz CT molecular complexity index is 409. The molecule has 6 heteroatoms. The van der Waals surface area contributed by atoms with Crippen LogP contribution in [0.1, 0.15) is 0 Å². The second kappa shape index (κ2) is 2.60. The molecule has 0 bridgehead atoms. The Morgan fingerprint density at radius 1 is 1.58 bits per heavy atom. The highest BCUT2D eigenvalue weighted by Gasteiger charge is 2.03. The van der Waals surface area contributed by atoms with Crippen molar-refractivity contribution < 1.29 is 0 Å². The number of anilines is 1. The first kappa shape index (κ1) is 7.30. The summed E-state index contributed by atoms with van der Waals surface area (Å²) in [5.41, 5.74) is 0. The van der Waals surface area contributed by atoms with Crippen molar-refractivity contribution in [3.05, 3.63) is 17.5 Å². The maximum Gasteiger partial charge on any atom is 0.255 e. The molecule has 0 saturated carbocycles. The summed E-state index contributed by atoms with van der Waals surface area (Å²) in [6, 6.07) is 1.68. The third-order valence-electron chi connectivity index (χ3n) is 1.48. The Hall–Kier alpha value is -1.36. The van der Waals surface area contributed by atoms with E-state index in [1.165, 1.54) is 6.33 Å². The van der Waals surface area contributed by atoms with Crippen molar-refractivity contribution in [1.82, 2.24) is 19.6 Å². The molecule has 62 valence electrons. The number of hydrogen-bond donors (Lipinski definition) is 1. The molecule has 5 nitrogen and oxygen atoms in total. The van der Waals surface area contributed by atoms with Crippen molar-refractivity contribution in [2.75, 3.05) is 12.4 Å². The quantitative estimate of drug-likeness (QED) is 0.666. The van der Waals surface area contributed by atoms with E-state index in [1.54, 1.807) is 17.6 Å². The van der Waals surface area contributed by atoms with Gasteiger partial charge in [0.15, 0.2) is 0 Å². The van der Waals surface area contributed by atoms with Gasteiger partial charge in [0.2, 0.25) is 0 Å². The summed E-state index contributed by atoms with van der Waals surface area (Å²) in [5.74, 6) is 1.26. The van der Waals surface area contributed by atoms with Gasteiger partial charge in [-0.05, 0) is 0 Å². The van der Waals surface area contributed by atoms with Crippen LogP contribution >= 0.6 is 11.6 Å². The van der Waals surface area contributed by atoms with Crippen molar-refractivity contribution >= 4 is 23.2 Å². The standard InChI is InChI=1S/C6H6ClN5/c1-8-5-2-4(7)11-6-9-3-10-12(5)6/h2-3,8H,1H3. The van der Waals surface area contributed by atoms with E-state index in [2.05, 4.69) is 20.4 Å². The van der Waals surface area contributed by atoms with E-state index in [4.69, 9.17) is 11.6 Å². The van der Waals surface area contributed by atoms with Crippen LogP contribution in [0.3, 0.4) is 0 Å². The molecule has 0 spiro atoms. The Labute approximate surface area is 73.4 Å². The van der Waals surface area contributed by atoms with E-state index in [9.17, 15) is 0 Å². The number of nitrogens with zero attached hydrogens (tertiary/aromatic N) is 4. The molecular weight excluding hydrogens is 178 g/mol. The molecule has 0 unspecified atom stereocenters. The Kier molecular flexibility index (Phi) is 1.58. The molecule has 0 aromatic carbocycles. The molecule has 2 aromatic heterocycles. The first-order valence-corrected chi connectivity index (χ1v) is 3.73. The van der Waals surface area contributed by atoms with Crippen molar-refractivity contribution in [2.45, 2.75) is 0 Å². The fourth-order valence-electron chi connectivity index (χ4n) is 0.961. The summed E-state index contributed by atoms with van der Waals surface area (Å²) in [6.45, 7) is 0. The topological polar surface area (TPSA) is 55.1 Å². The first-order valence-electron chi connectivity index (χ1n) is 3.35. The number of hydrogen-bond acceptors (Lipinski definition) is 4. The molecule has 1 N–H and O–H groups in total. The van der Waals surface area contributed by atoms with Gasteiger partial charge in [0.1, 0.15) is 17.3 Å². The summed E-state index contributed by atoms with van der Waals surface area (Å²) in [5, 5.41) is 7.29. The summed E-state index contributed by atoms with van der Waals surface area (Å²) in [7, 11) is 1.78. The minimum absolute atomic E-state index is 0.403. The molecule has 0 aliphatic carbocycles. The molecule has 0 fully saturated rings. The van der Waals surface area contributed by atoms with Gasteiger partial charge in [-0.15, -0.1) is 0 Å². The third-order valence-corrected chi connectivity index (χ3v) is 1.67. The molecular formula is C6H6ClN5. The van der Waals surface area contributed by atoms with Gasteiger partial charge in [-0.2, -0.15) is 19.6 Å². The zero-order valence-corrected chi connectivity index (χ0v) is 7.08. The van der Waals surface area contributed by atoms with Gasteiger partial charge in [0, 0.05) is 13.1 Å². The van der Waals surface area contributed by atoms with E-state index in [-0.39, 0.29) is 0 Å². The first-order chi connectivity index (χ1) is 5.81. The highest BCUT2D eigenvalue weighted by Crippen LogP contribution is 2.13. The lowest BCUT2D eigenvalue weighted by atomic mass is 10.6. The lowest BCUT2D eigenvalue weighted by Gasteiger charge is -2.01. The average molecular weight is 184 g/mol. The second-order valence-corrected chi connectivity index (χ2v) is 2.57. The zero-order chi connectivity index (χ0) is 8.55. The summed E-state index contributed by atoms with van der Waals surface area (Å²) < 4.78 is 1.58. The predicted molar refractivity (Wildman–Crippen MR) is 45.3 cm³/mol. The third kappa shape index (κ3) is 0.984. The fraction of sp³-hybridized carbons (Fsp3) is 0.167. The van der Waals surface area contributed by atoms with Crippen molar-refractivity contribution in [3.63, 3.8) is 0 Å². The molecule has 0 amide bonds. The lowest BCUT2D eigenvalue weighted by Crippen LogP contribution is -2.00. The summed E-state index contributed by atoms with van der Waals surface area (Å²) in [6.07, 6.45) is 1.43. The molecule has 0 saturated heterocycles. The Morgan fingerprint density at radius 2 is 2.42 bits per heavy atom. The fourth-order valence-corrected chi connectivity index (χ4v) is 1.14. The van der Waals surface area contributed by atoms with Crippen LogP contribution in [0, 0.1) is 0 Å². The van der Waals surface area contributed by atoms with Gasteiger partial charge >= 0.3 is 0 Å². The molecule has 0 aliphatic heterocycles. The van der Waals surface area contributed by atoms with Crippen LogP contribution in [0.2, 0.25) is 5.15 Å². The van der Waals surface area contributed by atoms with Crippen LogP contribution in [0.15, 0.2) is 12.4 Å². The average Bonchev–Trinajstić information content (AvgIpc) is 2.50. The number of fused-ring (bicyclic) bond motifs is 1. The maximum atomic E-state index is 5.73. The van der Waals surface area contributed by atoms with E-state index in [0.717, 1.165) is 5.82 Å². The minimum atomic E-state index is 0.403. The van der Waals surface area contributed by atoms with Gasteiger partial charge in [0.25, 0.3) is 5.78 Å². The van der Waals surface area contributed by atoms with Crippen LogP contribution in [-0.4, -0.2) is 26.6 Å². The van der Waals surface area contributed by atoms with Crippen LogP contribution < -0.4 is 5.32 Å². The largest absolute Gasteiger partial charge is 0.373 e. The van der Waals surface area contributed by atoms with Crippen LogP contribution in [0.25, 0.3) is 5.78 Å². The highest BCUT2D eigenvalue weighted by molar-refractivity contribution is 6.29. The lowest BCUT2D eigenvalue weighted by molar-refractivity contribution is 0.943. The van der Waals surface area contributed by atoms with Crippen LogP contribution in [-0.2, 0) is 0 Å². The molecule has 12 heavy (non-hydrogen) atoms. The number of rotatable bonds is 1. The van der Waals surface area contributed by atoms with Crippen molar-refractivity contribution in [3.8, 4) is 0 Å². The van der Waals surface area contributed by atoms with Gasteiger partial charge in [-0.1, -0.05) is 11.6 Å². The van der Waals surface area contributed by atoms with Crippen LogP contribution in [0.4, 0.5) is 5.82 Å². The highest BCUT2D eigenvalue weighted by atomic mass is 35.5. The summed E-state index contributed by atoms with van der Waals surface area (Å²) >= 11 is 5.73. The van der Waals surface area contributed by atoms with Gasteiger partial charge < -0.3 is 5.32 Å². The van der Waals surface area contributed by atoms with Crippen LogP contribution in [0.5, 0.6) is 0 Å². The summed E-state index contributed by atoms with van der Waals surface area (Å²) in [4.78, 5) is 7.86. The number of aromatic nitrogens is 4. The SMILES string of the molecule is CNc1cc(Cl)nc2ncnn12. The predicted octanol–water partition coefficient (Wildman–Crippen LogP) is 0.819. The monoisotopic (exact) mass is 183 g/mol. The van der Waals surface area contributed by atoms with E-state index >= 15 is 0 Å². The molecule has 2 rings (SSSR count). The van der Waals surface area contributed by atoms with Gasteiger partial charge in [-0.25, -0.2) is 0 Å². The van der Waals surface area contributed by atoms with Gasteiger partial charge in [-0.3, -0.25) is 0 Å². The molecule has 0 atom stereocenters. The molecule has 2 aromatic rings. The normalized spacial score (nSPS) is 10.5. The smallest absolute Gasteiger partial charge is 0.255 e. The molecule has 0 aliphatic rings. The minimum Gasteiger partial charge on any atom is -0.373 e. The van der Waals surface area contributed by atoms with E-state index in [0.29, 0.717) is 10.9 Å². The number of halogens is 1. The molecule has 2 heterocycles. The van der Waals surface area contributed by atoms with Crippen molar-refractivity contribution in [1.29, 1.82) is 0 Å². The zero-order valence-electron chi connectivity index (χ0n) is 6.32. The van der Waals surface area contributed by atoms with Crippen molar-refractivity contribution in [2.24, 2.45) is 0 Å². The van der Waals surface area contributed by atoms with E-state index < -0.39 is 0 Å². The maximum absolute atomic E-state index is 5.73.